The molecule has 2 fully saturated rings. The minimum atomic E-state index is -0.826. The monoisotopic (exact) mass is 626 g/mol. The van der Waals surface area contributed by atoms with Crippen molar-refractivity contribution < 1.29 is 57.8 Å². The van der Waals surface area contributed by atoms with Crippen molar-refractivity contribution in [3.8, 4) is 45.6 Å². The summed E-state index contributed by atoms with van der Waals surface area (Å²) in [6, 6.07) is 6.84. The molecule has 4 aliphatic rings. The molecule has 0 saturated carbocycles. The van der Waals surface area contributed by atoms with Crippen molar-refractivity contribution in [1.29, 1.82) is 0 Å². The summed E-state index contributed by atoms with van der Waals surface area (Å²) in [6.07, 6.45) is -2.91. The highest BCUT2D eigenvalue weighted by Gasteiger charge is 2.50. The first-order valence-electron chi connectivity index (χ1n) is 14.6. The zero-order valence-electron chi connectivity index (χ0n) is 25.0. The maximum atomic E-state index is 12.9. The number of benzene rings is 4. The third kappa shape index (κ3) is 3.49. The van der Waals surface area contributed by atoms with E-state index in [1.165, 1.54) is 28.1 Å². The second-order valence-electron chi connectivity index (χ2n) is 11.7. The predicted molar refractivity (Wildman–Crippen MR) is 159 cm³/mol. The average Bonchev–Trinajstić information content (AvgIpc) is 3.75. The van der Waals surface area contributed by atoms with E-state index in [1.807, 2.05) is 0 Å². The van der Waals surface area contributed by atoms with Crippen molar-refractivity contribution in [1.82, 2.24) is 0 Å². The van der Waals surface area contributed by atoms with Crippen LogP contribution in [0.4, 0.5) is 0 Å². The SMILES string of the molecule is COc1c(-c2ccc3c4c(c(C(C)=O)c(O)c3c2OC)[C@@H]2OC(=O)C[C@H]2O4)ccc2c3c(c(C(C)=O)c(O)c12)[C@H]1OC(=O)C[C@H]1O3. The summed E-state index contributed by atoms with van der Waals surface area (Å²) in [5, 5.41) is 24.5. The van der Waals surface area contributed by atoms with Crippen LogP contribution in [0.5, 0.6) is 34.5 Å². The fourth-order valence-electron chi connectivity index (χ4n) is 7.47. The van der Waals surface area contributed by atoms with Crippen LogP contribution in [0.1, 0.15) is 70.7 Å². The van der Waals surface area contributed by atoms with E-state index < -0.39 is 47.9 Å². The molecule has 0 aromatic heterocycles. The number of rotatable bonds is 5. The van der Waals surface area contributed by atoms with E-state index in [0.717, 1.165) is 0 Å². The molecule has 4 aromatic carbocycles. The van der Waals surface area contributed by atoms with Crippen LogP contribution in [0.15, 0.2) is 24.3 Å². The molecule has 2 saturated heterocycles. The van der Waals surface area contributed by atoms with Crippen molar-refractivity contribution in [2.45, 2.75) is 51.1 Å². The molecule has 0 spiro atoms. The maximum absolute atomic E-state index is 12.9. The molecule has 46 heavy (non-hydrogen) atoms. The molecule has 2 N–H and O–H groups in total. The second-order valence-corrected chi connectivity index (χ2v) is 11.7. The molecule has 0 bridgehead atoms. The molecule has 4 aliphatic heterocycles. The number of hydrogen-bond donors (Lipinski definition) is 2. The number of phenols is 2. The average molecular weight is 627 g/mol. The Morgan fingerprint density at radius 3 is 1.41 bits per heavy atom. The van der Waals surface area contributed by atoms with Gasteiger partial charge in [-0.05, 0) is 38.1 Å². The number of carbonyl (C=O) groups excluding carboxylic acids is 4. The maximum Gasteiger partial charge on any atom is 0.310 e. The van der Waals surface area contributed by atoms with Crippen molar-refractivity contribution in [3.05, 3.63) is 46.5 Å². The Balaban J connectivity index is 1.40. The number of ether oxygens (including phenoxy) is 6. The first kappa shape index (κ1) is 28.0. The van der Waals surface area contributed by atoms with Crippen LogP contribution < -0.4 is 18.9 Å². The topological polar surface area (TPSA) is 164 Å². The summed E-state index contributed by atoms with van der Waals surface area (Å²) in [5.41, 5.74) is 1.43. The van der Waals surface area contributed by atoms with E-state index >= 15 is 0 Å². The number of methoxy groups -OCH3 is 2. The molecule has 12 nitrogen and oxygen atoms in total. The molecule has 0 amide bonds. The smallest absolute Gasteiger partial charge is 0.310 e. The first-order chi connectivity index (χ1) is 22.0. The third-order valence-corrected chi connectivity index (χ3v) is 9.22. The van der Waals surface area contributed by atoms with Gasteiger partial charge in [-0.3, -0.25) is 19.2 Å². The van der Waals surface area contributed by atoms with Crippen LogP contribution in [-0.4, -0.2) is 60.1 Å². The summed E-state index contributed by atoms with van der Waals surface area (Å²) < 4.78 is 35.0. The largest absolute Gasteiger partial charge is 0.506 e. The molecule has 0 unspecified atom stereocenters. The number of carbonyl (C=O) groups is 4. The molecular weight excluding hydrogens is 600 g/mol. The van der Waals surface area contributed by atoms with Gasteiger partial charge in [0, 0.05) is 21.9 Å². The number of ketones is 2. The van der Waals surface area contributed by atoms with Gasteiger partial charge in [-0.25, -0.2) is 0 Å². The van der Waals surface area contributed by atoms with Crippen LogP contribution in [0, 0.1) is 0 Å². The summed E-state index contributed by atoms with van der Waals surface area (Å²) in [4.78, 5) is 49.9. The Kier molecular flexibility index (Phi) is 5.77. The zero-order chi connectivity index (χ0) is 32.3. The van der Waals surface area contributed by atoms with E-state index in [-0.39, 0.29) is 57.7 Å². The highest BCUT2D eigenvalue weighted by molar-refractivity contribution is 6.15. The summed E-state index contributed by atoms with van der Waals surface area (Å²) >= 11 is 0. The predicted octanol–water partition coefficient (Wildman–Crippen LogP) is 4.99. The Labute approximate surface area is 260 Å². The molecule has 0 radical (unpaired) electrons. The molecule has 234 valence electrons. The highest BCUT2D eigenvalue weighted by Crippen LogP contribution is 2.58. The Bertz CT molecular complexity index is 1980. The number of hydrogen-bond acceptors (Lipinski definition) is 12. The van der Waals surface area contributed by atoms with Crippen LogP contribution in [0.2, 0.25) is 0 Å². The minimum Gasteiger partial charge on any atom is -0.506 e. The van der Waals surface area contributed by atoms with Gasteiger partial charge in [0.1, 0.15) is 34.5 Å². The molecule has 0 aliphatic carbocycles. The Morgan fingerprint density at radius 1 is 0.674 bits per heavy atom. The van der Waals surface area contributed by atoms with Gasteiger partial charge in [0.2, 0.25) is 0 Å². The van der Waals surface area contributed by atoms with E-state index in [1.54, 1.807) is 24.3 Å². The van der Waals surface area contributed by atoms with Crippen LogP contribution in [-0.2, 0) is 19.1 Å². The number of aromatic hydroxyl groups is 2. The lowest BCUT2D eigenvalue weighted by atomic mass is 9.88. The number of Topliss-reactive ketones (excluding diaryl/α,β-unsaturated/α-hetero) is 2. The normalized spacial score (nSPS) is 22.0. The standard InChI is InChI=1S/C34H26O12/c1-11(35)21-25-31(43-17-9-19(37)45-33(17)25)15-7-5-13(29(41-3)23(15)27(21)39)14-6-8-16-24(30(14)42-4)28(40)22(12(2)36)26-32(16)44-18-10-20(38)46-34(18)26/h5-8,17-18,33-34,39-40H,9-10H2,1-4H3/t17-,18-,33-,34+/m1/s1. The lowest BCUT2D eigenvalue weighted by molar-refractivity contribution is -0.142. The van der Waals surface area contributed by atoms with Gasteiger partial charge in [0.25, 0.3) is 0 Å². The summed E-state index contributed by atoms with van der Waals surface area (Å²) in [6.45, 7) is 2.61. The lowest BCUT2D eigenvalue weighted by Crippen LogP contribution is -2.12. The quantitative estimate of drug-likeness (QED) is 0.226. The molecular formula is C34H26O12. The zero-order valence-corrected chi connectivity index (χ0v) is 25.0. The fraction of sp³-hybridized carbons (Fsp3) is 0.294. The van der Waals surface area contributed by atoms with Gasteiger partial charge in [0.05, 0.1) is 60.1 Å². The fourth-order valence-corrected chi connectivity index (χ4v) is 7.47. The van der Waals surface area contributed by atoms with Gasteiger partial charge in [-0.2, -0.15) is 0 Å². The van der Waals surface area contributed by atoms with Crippen LogP contribution in [0.3, 0.4) is 0 Å². The van der Waals surface area contributed by atoms with Gasteiger partial charge in [-0.15, -0.1) is 0 Å². The van der Waals surface area contributed by atoms with Gasteiger partial charge in [0.15, 0.2) is 36.0 Å². The number of phenolic OH excluding ortho intramolecular Hbond substituents is 2. The van der Waals surface area contributed by atoms with Crippen LogP contribution >= 0.6 is 0 Å². The molecule has 4 heterocycles. The van der Waals surface area contributed by atoms with Crippen molar-refractivity contribution in [2.75, 3.05) is 14.2 Å². The summed E-state index contributed by atoms with van der Waals surface area (Å²) in [5.74, 6) is -1.54. The van der Waals surface area contributed by atoms with E-state index in [4.69, 9.17) is 28.4 Å². The van der Waals surface area contributed by atoms with E-state index in [0.29, 0.717) is 44.5 Å². The van der Waals surface area contributed by atoms with Crippen LogP contribution in [0.25, 0.3) is 32.7 Å². The molecule has 4 aromatic rings. The minimum absolute atomic E-state index is 0.00550. The Hall–Kier alpha value is -5.52. The van der Waals surface area contributed by atoms with Gasteiger partial charge in [-0.1, -0.05) is 0 Å². The summed E-state index contributed by atoms with van der Waals surface area (Å²) in [7, 11) is 2.82. The van der Waals surface area contributed by atoms with Crippen molar-refractivity contribution in [3.63, 3.8) is 0 Å². The number of esters is 2. The van der Waals surface area contributed by atoms with Crippen molar-refractivity contribution >= 4 is 45.0 Å². The number of fused-ring (bicyclic) bond motifs is 10. The lowest BCUT2D eigenvalue weighted by Gasteiger charge is -2.21. The van der Waals surface area contributed by atoms with Crippen molar-refractivity contribution in [2.24, 2.45) is 0 Å². The first-order valence-corrected chi connectivity index (χ1v) is 14.6. The van der Waals surface area contributed by atoms with Gasteiger partial charge >= 0.3 is 11.9 Å². The van der Waals surface area contributed by atoms with E-state index in [2.05, 4.69) is 0 Å². The molecule has 4 atom stereocenters. The molecule has 8 rings (SSSR count). The van der Waals surface area contributed by atoms with Gasteiger partial charge < -0.3 is 38.6 Å². The highest BCUT2D eigenvalue weighted by atomic mass is 16.6. The Morgan fingerprint density at radius 2 is 1.07 bits per heavy atom. The van der Waals surface area contributed by atoms with E-state index in [9.17, 15) is 29.4 Å². The second kappa shape index (κ2) is 9.49. The molecule has 12 heteroatoms. The third-order valence-electron chi connectivity index (χ3n) is 9.22.